The van der Waals surface area contributed by atoms with Crippen molar-refractivity contribution in [1.82, 2.24) is 0 Å². The molecule has 6 heteroatoms. The molecule has 2 aromatic carbocycles. The molecule has 1 amide bonds. The smallest absolute Gasteiger partial charge is 0.262 e. The summed E-state index contributed by atoms with van der Waals surface area (Å²) in [6, 6.07) is 9.45. The van der Waals surface area contributed by atoms with Crippen LogP contribution in [0.5, 0.6) is 11.5 Å². The van der Waals surface area contributed by atoms with Gasteiger partial charge in [0.25, 0.3) is 5.91 Å². The van der Waals surface area contributed by atoms with Crippen LogP contribution in [0.3, 0.4) is 0 Å². The van der Waals surface area contributed by atoms with Gasteiger partial charge in [0.15, 0.2) is 6.61 Å². The molecule has 1 N–H and O–H groups in total. The van der Waals surface area contributed by atoms with Crippen molar-refractivity contribution in [3.8, 4) is 11.5 Å². The van der Waals surface area contributed by atoms with Crippen molar-refractivity contribution in [2.45, 2.75) is 0 Å². The van der Waals surface area contributed by atoms with Crippen LogP contribution in [0.25, 0.3) is 0 Å². The summed E-state index contributed by atoms with van der Waals surface area (Å²) in [5.41, 5.74) is 0.565. The van der Waals surface area contributed by atoms with Crippen molar-refractivity contribution in [2.24, 2.45) is 0 Å². The summed E-state index contributed by atoms with van der Waals surface area (Å²) < 4.78 is 35.9. The quantitative estimate of drug-likeness (QED) is 0.922. The minimum atomic E-state index is -0.763. The number of benzene rings is 2. The number of rotatable bonds is 5. The second-order valence-electron chi connectivity index (χ2n) is 4.17. The molecule has 21 heavy (non-hydrogen) atoms. The summed E-state index contributed by atoms with van der Waals surface area (Å²) in [4.78, 5) is 11.7. The van der Waals surface area contributed by atoms with Crippen LogP contribution in [-0.2, 0) is 4.79 Å². The molecule has 0 radical (unpaired) electrons. The SMILES string of the molecule is COc1ccc(NC(=O)COc2cc(F)cc(F)c2)cc1. The van der Waals surface area contributed by atoms with Crippen LogP contribution in [-0.4, -0.2) is 19.6 Å². The van der Waals surface area contributed by atoms with E-state index >= 15 is 0 Å². The highest BCUT2D eigenvalue weighted by Crippen LogP contribution is 2.16. The van der Waals surface area contributed by atoms with E-state index in [0.717, 1.165) is 18.2 Å². The Balaban J connectivity index is 1.89. The number of ether oxygens (including phenoxy) is 2. The molecular weight excluding hydrogens is 280 g/mol. The molecule has 0 aromatic heterocycles. The maximum absolute atomic E-state index is 12.9. The zero-order valence-electron chi connectivity index (χ0n) is 11.2. The Labute approximate surface area is 120 Å². The van der Waals surface area contributed by atoms with Crippen molar-refractivity contribution >= 4 is 11.6 Å². The molecule has 2 rings (SSSR count). The van der Waals surface area contributed by atoms with Gasteiger partial charge < -0.3 is 14.8 Å². The number of carbonyl (C=O) groups is 1. The fourth-order valence-corrected chi connectivity index (χ4v) is 1.63. The molecule has 0 fully saturated rings. The summed E-state index contributed by atoms with van der Waals surface area (Å²) >= 11 is 0. The Hall–Kier alpha value is -2.63. The number of halogens is 2. The van der Waals surface area contributed by atoms with E-state index in [1.807, 2.05) is 0 Å². The van der Waals surface area contributed by atoms with Crippen molar-refractivity contribution < 1.29 is 23.0 Å². The topological polar surface area (TPSA) is 47.6 Å². The van der Waals surface area contributed by atoms with Gasteiger partial charge in [-0.25, -0.2) is 8.78 Å². The van der Waals surface area contributed by atoms with Gasteiger partial charge in [-0.05, 0) is 24.3 Å². The number of methoxy groups -OCH3 is 1. The normalized spacial score (nSPS) is 10.0. The monoisotopic (exact) mass is 293 g/mol. The minimum Gasteiger partial charge on any atom is -0.497 e. The van der Waals surface area contributed by atoms with Crippen LogP contribution in [0.1, 0.15) is 0 Å². The van der Waals surface area contributed by atoms with E-state index in [0.29, 0.717) is 11.4 Å². The molecule has 0 aliphatic rings. The lowest BCUT2D eigenvalue weighted by Crippen LogP contribution is -2.20. The van der Waals surface area contributed by atoms with E-state index in [-0.39, 0.29) is 12.4 Å². The second-order valence-corrected chi connectivity index (χ2v) is 4.17. The molecule has 0 aliphatic heterocycles. The van der Waals surface area contributed by atoms with Crippen LogP contribution in [0.4, 0.5) is 14.5 Å². The average Bonchev–Trinajstić information content (AvgIpc) is 2.45. The van der Waals surface area contributed by atoms with Gasteiger partial charge in [-0.1, -0.05) is 0 Å². The molecule has 0 spiro atoms. The van der Waals surface area contributed by atoms with E-state index in [2.05, 4.69) is 5.32 Å². The molecule has 0 saturated heterocycles. The van der Waals surface area contributed by atoms with Crippen LogP contribution in [0.15, 0.2) is 42.5 Å². The van der Waals surface area contributed by atoms with Crippen molar-refractivity contribution in [3.63, 3.8) is 0 Å². The molecule has 0 saturated carbocycles. The zero-order chi connectivity index (χ0) is 15.2. The van der Waals surface area contributed by atoms with Gasteiger partial charge >= 0.3 is 0 Å². The van der Waals surface area contributed by atoms with Crippen LogP contribution >= 0.6 is 0 Å². The Bertz CT molecular complexity index is 609. The molecule has 110 valence electrons. The van der Waals surface area contributed by atoms with Crippen molar-refractivity contribution in [1.29, 1.82) is 0 Å². The highest BCUT2D eigenvalue weighted by atomic mass is 19.1. The molecule has 0 aliphatic carbocycles. The summed E-state index contributed by atoms with van der Waals surface area (Å²) in [5.74, 6) is -1.34. The number of hydrogen-bond donors (Lipinski definition) is 1. The first kappa shape index (κ1) is 14.8. The van der Waals surface area contributed by atoms with Gasteiger partial charge in [0.1, 0.15) is 23.1 Å². The number of anilines is 1. The van der Waals surface area contributed by atoms with Gasteiger partial charge in [-0.3, -0.25) is 4.79 Å². The summed E-state index contributed by atoms with van der Waals surface area (Å²) in [5, 5.41) is 2.59. The molecule has 2 aromatic rings. The van der Waals surface area contributed by atoms with E-state index < -0.39 is 17.5 Å². The standard InChI is InChI=1S/C15H13F2NO3/c1-20-13-4-2-12(3-5-13)18-15(19)9-21-14-7-10(16)6-11(17)8-14/h2-8H,9H2,1H3,(H,18,19). The first-order valence-corrected chi connectivity index (χ1v) is 6.09. The van der Waals surface area contributed by atoms with Gasteiger partial charge in [0.05, 0.1) is 7.11 Å². The lowest BCUT2D eigenvalue weighted by Gasteiger charge is -2.08. The molecule has 0 atom stereocenters. The van der Waals surface area contributed by atoms with Crippen LogP contribution < -0.4 is 14.8 Å². The van der Waals surface area contributed by atoms with Gasteiger partial charge in [0.2, 0.25) is 0 Å². The summed E-state index contributed by atoms with van der Waals surface area (Å²) in [6.07, 6.45) is 0. The predicted octanol–water partition coefficient (Wildman–Crippen LogP) is 2.99. The van der Waals surface area contributed by atoms with Crippen molar-refractivity contribution in [2.75, 3.05) is 19.0 Å². The second kappa shape index (κ2) is 6.69. The lowest BCUT2D eigenvalue weighted by atomic mass is 10.3. The highest BCUT2D eigenvalue weighted by Gasteiger charge is 2.06. The Morgan fingerprint density at radius 1 is 1.05 bits per heavy atom. The fraction of sp³-hybridized carbons (Fsp3) is 0.133. The van der Waals surface area contributed by atoms with Crippen molar-refractivity contribution in [3.05, 3.63) is 54.1 Å². The molecular formula is C15H13F2NO3. The number of amides is 1. The third kappa shape index (κ3) is 4.45. The largest absolute Gasteiger partial charge is 0.497 e. The minimum absolute atomic E-state index is 0.0441. The van der Waals surface area contributed by atoms with Gasteiger partial charge in [0, 0.05) is 23.9 Å². The highest BCUT2D eigenvalue weighted by molar-refractivity contribution is 5.91. The van der Waals surface area contributed by atoms with E-state index in [4.69, 9.17) is 9.47 Å². The number of carbonyl (C=O) groups excluding carboxylic acids is 1. The average molecular weight is 293 g/mol. The van der Waals surface area contributed by atoms with E-state index in [9.17, 15) is 13.6 Å². The van der Waals surface area contributed by atoms with Gasteiger partial charge in [-0.15, -0.1) is 0 Å². The number of hydrogen-bond acceptors (Lipinski definition) is 3. The molecule has 0 heterocycles. The van der Waals surface area contributed by atoms with Crippen LogP contribution in [0.2, 0.25) is 0 Å². The fourth-order valence-electron chi connectivity index (χ4n) is 1.63. The molecule has 0 unspecified atom stereocenters. The van der Waals surface area contributed by atoms with Gasteiger partial charge in [-0.2, -0.15) is 0 Å². The van der Waals surface area contributed by atoms with E-state index in [1.165, 1.54) is 0 Å². The predicted molar refractivity (Wildman–Crippen MR) is 73.5 cm³/mol. The maximum atomic E-state index is 12.9. The molecule has 4 nitrogen and oxygen atoms in total. The summed E-state index contributed by atoms with van der Waals surface area (Å²) in [6.45, 7) is -0.352. The Morgan fingerprint density at radius 2 is 1.67 bits per heavy atom. The Morgan fingerprint density at radius 3 is 2.24 bits per heavy atom. The Kier molecular flexibility index (Phi) is 4.71. The lowest BCUT2D eigenvalue weighted by molar-refractivity contribution is -0.118. The first-order valence-electron chi connectivity index (χ1n) is 6.09. The van der Waals surface area contributed by atoms with Crippen LogP contribution in [0, 0.1) is 11.6 Å². The third-order valence-corrected chi connectivity index (χ3v) is 2.58. The first-order chi connectivity index (χ1) is 10.1. The zero-order valence-corrected chi connectivity index (χ0v) is 11.2. The summed E-state index contributed by atoms with van der Waals surface area (Å²) in [7, 11) is 1.54. The van der Waals surface area contributed by atoms with E-state index in [1.54, 1.807) is 31.4 Å². The third-order valence-electron chi connectivity index (χ3n) is 2.58. The number of nitrogens with one attached hydrogen (secondary N) is 1. The maximum Gasteiger partial charge on any atom is 0.262 e. The molecule has 0 bridgehead atoms.